The first kappa shape index (κ1) is 8.96. The van der Waals surface area contributed by atoms with Crippen molar-refractivity contribution in [2.75, 3.05) is 0 Å². The summed E-state index contributed by atoms with van der Waals surface area (Å²) in [5.41, 5.74) is 0. The van der Waals surface area contributed by atoms with Crippen LogP contribution in [0.1, 0.15) is 0 Å². The topological polar surface area (TPSA) is 20.3 Å². The number of rotatable bonds is 0. The molecule has 0 aliphatic rings. The van der Waals surface area contributed by atoms with Crippen LogP contribution in [0.25, 0.3) is 0 Å². The number of carbonyl (C=O) groups is 1. The van der Waals surface area contributed by atoms with Crippen molar-refractivity contribution in [3.63, 3.8) is 0 Å². The van der Waals surface area contributed by atoms with Crippen LogP contribution < -0.4 is 0 Å². The highest BCUT2D eigenvalue weighted by Gasteiger charge is 2.41. The second kappa shape index (κ2) is 2.70. The average molecular weight is 177 g/mol. The zero-order valence-corrected chi connectivity index (χ0v) is 5.67. The van der Waals surface area contributed by atoms with Crippen LogP contribution >= 0.6 is 25.6 Å². The molecule has 0 fully saturated rings. The van der Waals surface area contributed by atoms with E-state index in [9.17, 15) is 18.0 Å². The normalized spacial score (nSPS) is 11.2. The largest absolute Gasteiger partial charge is 0.473 e. The van der Waals surface area contributed by atoms with Crippen LogP contribution in [0.3, 0.4) is 0 Å². The lowest BCUT2D eigenvalue weighted by Gasteiger charge is -2.08. The molecule has 9 heavy (non-hydrogen) atoms. The van der Waals surface area contributed by atoms with E-state index in [1.54, 1.807) is 0 Å². The Bertz CT molecular complexity index is 121. The van der Waals surface area contributed by atoms with E-state index in [4.69, 9.17) is 0 Å². The fraction of sp³-hybridized carbons (Fsp3) is 0.500. The molecule has 0 aliphatic heterocycles. The molecule has 0 N–H and O–H groups in total. The van der Waals surface area contributed by atoms with Gasteiger partial charge in [0.1, 0.15) is 0 Å². The summed E-state index contributed by atoms with van der Waals surface area (Å²) in [7, 11) is 0. The number of thiol groups is 2. The minimum absolute atomic E-state index is 0.125. The Labute approximate surface area is 60.1 Å². The van der Waals surface area contributed by atoms with Crippen LogP contribution in [-0.2, 0) is 4.79 Å². The number of carbonyl (C=O) groups excluding carboxylic acids is 1. The van der Waals surface area contributed by atoms with Crippen molar-refractivity contribution in [2.45, 2.75) is 6.18 Å². The van der Waals surface area contributed by atoms with Crippen molar-refractivity contribution < 1.29 is 18.0 Å². The molecule has 2 nitrogen and oxygen atoms in total. The molecule has 0 bridgehead atoms. The first-order chi connectivity index (χ1) is 3.85. The zero-order chi connectivity index (χ0) is 7.65. The maximum Gasteiger partial charge on any atom is 0.473 e. The number of hydrogen-bond acceptors (Lipinski definition) is 3. The summed E-state index contributed by atoms with van der Waals surface area (Å²) in [5, 5.41) is 0. The van der Waals surface area contributed by atoms with Crippen LogP contribution in [0.2, 0.25) is 0 Å². The van der Waals surface area contributed by atoms with Crippen molar-refractivity contribution in [1.29, 1.82) is 0 Å². The standard InChI is InChI=1S/C2H2F3NOS2/c3-2(4,5)1(7)6(8)9/h8-9H. The van der Waals surface area contributed by atoms with Gasteiger partial charge in [0.2, 0.25) is 0 Å². The van der Waals surface area contributed by atoms with Gasteiger partial charge in [0.25, 0.3) is 0 Å². The Hall–Kier alpha value is -0.0400. The third-order valence-corrected chi connectivity index (χ3v) is 0.787. The number of amides is 1. The van der Waals surface area contributed by atoms with Crippen LogP contribution in [-0.4, -0.2) is 15.8 Å². The Kier molecular flexibility index (Phi) is 2.68. The minimum atomic E-state index is -4.89. The summed E-state index contributed by atoms with van der Waals surface area (Å²) in [4.78, 5) is 9.81. The van der Waals surface area contributed by atoms with Crippen LogP contribution in [0, 0.1) is 0 Å². The number of nitrogens with zero attached hydrogens (tertiary/aromatic N) is 1. The Morgan fingerprint density at radius 2 is 1.67 bits per heavy atom. The van der Waals surface area contributed by atoms with Gasteiger partial charge in [-0.15, -0.1) is 0 Å². The van der Waals surface area contributed by atoms with E-state index in [0.717, 1.165) is 0 Å². The molecule has 0 spiro atoms. The molecule has 7 heteroatoms. The third-order valence-electron chi connectivity index (χ3n) is 0.424. The van der Waals surface area contributed by atoms with Gasteiger partial charge in [-0.05, 0) is 0 Å². The van der Waals surface area contributed by atoms with Crippen molar-refractivity contribution >= 4 is 31.5 Å². The van der Waals surface area contributed by atoms with Gasteiger partial charge in [-0.3, -0.25) is 4.79 Å². The lowest BCUT2D eigenvalue weighted by molar-refractivity contribution is -0.175. The molecule has 0 aromatic carbocycles. The summed E-state index contributed by atoms with van der Waals surface area (Å²) in [6.07, 6.45) is -4.89. The first-order valence-electron chi connectivity index (χ1n) is 1.64. The SMILES string of the molecule is O=C(N(S)S)C(F)(F)F. The van der Waals surface area contributed by atoms with Crippen molar-refractivity contribution in [2.24, 2.45) is 0 Å². The first-order valence-corrected chi connectivity index (χ1v) is 2.44. The van der Waals surface area contributed by atoms with Crippen molar-refractivity contribution in [1.82, 2.24) is 3.71 Å². The molecule has 0 radical (unpaired) electrons. The summed E-state index contributed by atoms with van der Waals surface area (Å²) >= 11 is 6.03. The number of alkyl halides is 3. The zero-order valence-electron chi connectivity index (χ0n) is 3.88. The molecule has 1 amide bonds. The fourth-order valence-corrected chi connectivity index (χ4v) is 0.340. The van der Waals surface area contributed by atoms with Gasteiger partial charge in [-0.25, -0.2) is 3.71 Å². The van der Waals surface area contributed by atoms with Crippen LogP contribution in [0.5, 0.6) is 0 Å². The summed E-state index contributed by atoms with van der Waals surface area (Å²) in [6, 6.07) is 0. The highest BCUT2D eigenvalue weighted by Crippen LogP contribution is 2.19. The smallest absolute Gasteiger partial charge is 0.262 e. The molecular weight excluding hydrogens is 175 g/mol. The van der Waals surface area contributed by atoms with Gasteiger partial charge >= 0.3 is 12.1 Å². The van der Waals surface area contributed by atoms with E-state index >= 15 is 0 Å². The van der Waals surface area contributed by atoms with Gasteiger partial charge in [-0.1, -0.05) is 25.6 Å². The monoisotopic (exact) mass is 177 g/mol. The van der Waals surface area contributed by atoms with E-state index in [1.807, 2.05) is 0 Å². The Morgan fingerprint density at radius 1 is 1.33 bits per heavy atom. The van der Waals surface area contributed by atoms with Crippen LogP contribution in [0.4, 0.5) is 13.2 Å². The molecule has 0 unspecified atom stereocenters. The quantitative estimate of drug-likeness (QED) is 0.530. The predicted octanol–water partition coefficient (Wildman–Crippen LogP) is 1.07. The van der Waals surface area contributed by atoms with Gasteiger partial charge in [0.15, 0.2) is 0 Å². The Balaban J connectivity index is 4.06. The molecule has 0 saturated carbocycles. The van der Waals surface area contributed by atoms with Crippen molar-refractivity contribution in [3.8, 4) is 0 Å². The van der Waals surface area contributed by atoms with Gasteiger partial charge < -0.3 is 0 Å². The molecule has 54 valence electrons. The van der Waals surface area contributed by atoms with Gasteiger partial charge in [-0.2, -0.15) is 13.2 Å². The molecular formula is C2H2F3NOS2. The maximum absolute atomic E-state index is 11.2. The Morgan fingerprint density at radius 3 is 1.67 bits per heavy atom. The van der Waals surface area contributed by atoms with E-state index in [2.05, 4.69) is 25.6 Å². The minimum Gasteiger partial charge on any atom is -0.262 e. The molecule has 0 aliphatic carbocycles. The molecule has 0 atom stereocenters. The maximum atomic E-state index is 11.2. The van der Waals surface area contributed by atoms with Gasteiger partial charge in [0.05, 0.1) is 0 Å². The van der Waals surface area contributed by atoms with E-state index in [0.29, 0.717) is 0 Å². The number of halogens is 3. The lowest BCUT2D eigenvalue weighted by atomic mass is 10.6. The van der Waals surface area contributed by atoms with Gasteiger partial charge in [0, 0.05) is 0 Å². The van der Waals surface area contributed by atoms with E-state index in [-0.39, 0.29) is 3.71 Å². The van der Waals surface area contributed by atoms with Crippen molar-refractivity contribution in [3.05, 3.63) is 0 Å². The van der Waals surface area contributed by atoms with E-state index in [1.165, 1.54) is 0 Å². The fourth-order valence-electron chi connectivity index (χ4n) is 0.113. The molecule has 0 saturated heterocycles. The second-order valence-electron chi connectivity index (χ2n) is 1.09. The summed E-state index contributed by atoms with van der Waals surface area (Å²) in [6.45, 7) is 0. The summed E-state index contributed by atoms with van der Waals surface area (Å²) < 4.78 is 33.5. The third kappa shape index (κ3) is 2.85. The lowest BCUT2D eigenvalue weighted by Crippen LogP contribution is -2.29. The predicted molar refractivity (Wildman–Crippen MR) is 30.9 cm³/mol. The highest BCUT2D eigenvalue weighted by atomic mass is 32.2. The highest BCUT2D eigenvalue weighted by molar-refractivity contribution is 7.94. The second-order valence-corrected chi connectivity index (χ2v) is 2.21. The molecule has 0 aromatic rings. The van der Waals surface area contributed by atoms with E-state index < -0.39 is 12.1 Å². The molecule has 0 heterocycles. The number of hydrogen-bond donors (Lipinski definition) is 2. The molecule has 0 aromatic heterocycles. The van der Waals surface area contributed by atoms with Crippen LogP contribution in [0.15, 0.2) is 0 Å². The average Bonchev–Trinajstić information content (AvgIpc) is 1.62. The summed E-state index contributed by atoms with van der Waals surface area (Å²) in [5.74, 6) is -2.10. The molecule has 0 rings (SSSR count).